The van der Waals surface area contributed by atoms with Crippen LogP contribution in [0.1, 0.15) is 22.8 Å². The van der Waals surface area contributed by atoms with E-state index < -0.39 is 6.10 Å². The number of anilines is 2. The van der Waals surface area contributed by atoms with Crippen LogP contribution in [0.25, 0.3) is 10.9 Å². The molecule has 0 fully saturated rings. The van der Waals surface area contributed by atoms with Gasteiger partial charge in [0.1, 0.15) is 11.6 Å². The average molecular weight is 458 g/mol. The maximum Gasteiger partial charge on any atom is 0.248 e. The molecule has 34 heavy (non-hydrogen) atoms. The van der Waals surface area contributed by atoms with Gasteiger partial charge in [-0.25, -0.2) is 0 Å². The minimum absolute atomic E-state index is 0.0254. The number of benzene rings is 3. The lowest BCUT2D eigenvalue weighted by molar-refractivity contribution is 0.176. The number of pyridine rings is 1. The van der Waals surface area contributed by atoms with Crippen LogP contribution in [-0.4, -0.2) is 34.1 Å². The zero-order valence-corrected chi connectivity index (χ0v) is 18.5. The van der Waals surface area contributed by atoms with E-state index in [1.165, 1.54) is 12.1 Å². The number of nitrogens with two attached hydrogens (primary N) is 1. The number of aromatic nitrogens is 1. The monoisotopic (exact) mass is 457 g/mol. The summed E-state index contributed by atoms with van der Waals surface area (Å²) in [6.07, 6.45) is 0.0132. The molecule has 0 saturated carbocycles. The number of fused-ring (bicyclic) bond motifs is 1. The van der Waals surface area contributed by atoms with Crippen molar-refractivity contribution in [2.45, 2.75) is 12.5 Å². The number of phenols is 1. The average Bonchev–Trinajstić information content (AvgIpc) is 2.83. The van der Waals surface area contributed by atoms with Crippen LogP contribution in [0.5, 0.6) is 5.75 Å². The first kappa shape index (κ1) is 23.0. The van der Waals surface area contributed by atoms with Gasteiger partial charge in [0.15, 0.2) is 0 Å². The van der Waals surface area contributed by atoms with Crippen LogP contribution in [0.15, 0.2) is 77.6 Å². The highest BCUT2D eigenvalue weighted by Gasteiger charge is 2.13. The number of amidine groups is 1. The number of rotatable bonds is 9. The summed E-state index contributed by atoms with van der Waals surface area (Å²) in [6.45, 7) is 1.03. The van der Waals surface area contributed by atoms with Gasteiger partial charge in [0.2, 0.25) is 5.56 Å². The normalized spacial score (nSPS) is 11.9. The quantitative estimate of drug-likeness (QED) is 0.117. The molecule has 174 valence electrons. The smallest absolute Gasteiger partial charge is 0.248 e. The fourth-order valence-corrected chi connectivity index (χ4v) is 3.79. The maximum atomic E-state index is 11.6. The summed E-state index contributed by atoms with van der Waals surface area (Å²) in [4.78, 5) is 14.2. The molecule has 1 aromatic heterocycles. The fourth-order valence-electron chi connectivity index (χ4n) is 3.79. The minimum atomic E-state index is -0.782. The van der Waals surface area contributed by atoms with Crippen LogP contribution in [0.3, 0.4) is 0 Å². The van der Waals surface area contributed by atoms with Crippen molar-refractivity contribution in [1.82, 2.24) is 10.3 Å². The van der Waals surface area contributed by atoms with Crippen LogP contribution in [-0.2, 0) is 6.42 Å². The van der Waals surface area contributed by atoms with E-state index in [0.717, 1.165) is 23.4 Å². The van der Waals surface area contributed by atoms with Crippen LogP contribution >= 0.6 is 0 Å². The van der Waals surface area contributed by atoms with Gasteiger partial charge < -0.3 is 31.6 Å². The maximum absolute atomic E-state index is 11.6. The topological polar surface area (TPSA) is 147 Å². The summed E-state index contributed by atoms with van der Waals surface area (Å²) >= 11 is 0. The molecule has 0 saturated heterocycles. The number of aromatic amines is 1. The van der Waals surface area contributed by atoms with Gasteiger partial charge in [0, 0.05) is 34.9 Å². The van der Waals surface area contributed by atoms with Crippen molar-refractivity contribution in [3.8, 4) is 5.75 Å². The third-order valence-corrected chi connectivity index (χ3v) is 5.63. The number of hydrogen-bond donors (Lipinski definition) is 7. The van der Waals surface area contributed by atoms with Crippen molar-refractivity contribution in [3.63, 3.8) is 0 Å². The first-order valence-electron chi connectivity index (χ1n) is 10.9. The number of aliphatic hydroxyl groups excluding tert-OH is 1. The third kappa shape index (κ3) is 5.43. The predicted molar refractivity (Wildman–Crippen MR) is 135 cm³/mol. The van der Waals surface area contributed by atoms with Gasteiger partial charge in [-0.1, -0.05) is 18.2 Å². The highest BCUT2D eigenvalue weighted by Crippen LogP contribution is 2.28. The van der Waals surface area contributed by atoms with Crippen molar-refractivity contribution < 1.29 is 10.2 Å². The lowest BCUT2D eigenvalue weighted by Crippen LogP contribution is -2.24. The lowest BCUT2D eigenvalue weighted by Gasteiger charge is -2.15. The number of nitrogen functional groups attached to an aromatic ring is 1. The van der Waals surface area contributed by atoms with Gasteiger partial charge in [0.25, 0.3) is 0 Å². The second kappa shape index (κ2) is 10.2. The van der Waals surface area contributed by atoms with E-state index in [1.54, 1.807) is 24.3 Å². The SMILES string of the molecule is N=C(N)c1ccc(Nc2ccc(CCNC[C@@H](O)c3ccc(O)c4[nH]c(=O)ccc34)cc2)cc1. The standard InChI is InChI=1S/C26H27N5O3/c27-26(28)17-3-7-19(8-4-17)30-18-5-1-16(2-6-18)13-14-29-15-23(33)20-9-11-22(32)25-21(20)10-12-24(34)31-25/h1-12,23,29-30,32-33H,13-15H2,(H3,27,28)(H,31,34)/t23-/m1/s1. The summed E-state index contributed by atoms with van der Waals surface area (Å²) in [5.41, 5.74) is 9.87. The number of phenolic OH excluding ortho intramolecular Hbond substituents is 1. The zero-order chi connectivity index (χ0) is 24.1. The van der Waals surface area contributed by atoms with Crippen LogP contribution in [0.2, 0.25) is 0 Å². The van der Waals surface area contributed by atoms with Gasteiger partial charge in [0.05, 0.1) is 11.6 Å². The first-order chi connectivity index (χ1) is 16.4. The number of aromatic hydroxyl groups is 1. The molecule has 8 N–H and O–H groups in total. The summed E-state index contributed by atoms with van der Waals surface area (Å²) in [6, 6.07) is 21.6. The summed E-state index contributed by atoms with van der Waals surface area (Å²) in [5.74, 6) is 0.0208. The lowest BCUT2D eigenvalue weighted by atomic mass is 10.0. The Labute approximate surface area is 196 Å². The van der Waals surface area contributed by atoms with Crippen LogP contribution in [0.4, 0.5) is 11.4 Å². The molecule has 3 aromatic carbocycles. The molecule has 4 rings (SSSR count). The second-order valence-corrected chi connectivity index (χ2v) is 8.07. The number of aliphatic hydroxyl groups is 1. The van der Waals surface area contributed by atoms with Crippen molar-refractivity contribution in [2.24, 2.45) is 5.73 Å². The molecule has 8 heteroatoms. The largest absolute Gasteiger partial charge is 0.506 e. The predicted octanol–water partition coefficient (Wildman–Crippen LogP) is 3.13. The molecule has 0 radical (unpaired) electrons. The first-order valence-corrected chi connectivity index (χ1v) is 10.9. The molecule has 1 heterocycles. The Balaban J connectivity index is 1.29. The van der Waals surface area contributed by atoms with Crippen LogP contribution in [0, 0.1) is 5.41 Å². The van der Waals surface area contributed by atoms with E-state index in [0.29, 0.717) is 35.1 Å². The summed E-state index contributed by atoms with van der Waals surface area (Å²) in [7, 11) is 0. The molecule has 4 aromatic rings. The molecule has 0 aliphatic heterocycles. The Kier molecular flexibility index (Phi) is 6.91. The Morgan fingerprint density at radius 3 is 2.32 bits per heavy atom. The minimum Gasteiger partial charge on any atom is -0.506 e. The molecule has 1 atom stereocenters. The Morgan fingerprint density at radius 2 is 1.65 bits per heavy atom. The molecule has 0 amide bonds. The van der Waals surface area contributed by atoms with Crippen molar-refractivity contribution in [2.75, 3.05) is 18.4 Å². The van der Waals surface area contributed by atoms with Gasteiger partial charge in [-0.3, -0.25) is 10.2 Å². The van der Waals surface area contributed by atoms with Crippen molar-refractivity contribution in [3.05, 3.63) is 99.8 Å². The molecular formula is C26H27N5O3. The van der Waals surface area contributed by atoms with Gasteiger partial charge >= 0.3 is 0 Å². The molecule has 0 aliphatic carbocycles. The van der Waals surface area contributed by atoms with E-state index in [-0.39, 0.29) is 17.1 Å². The number of nitrogens with one attached hydrogen (secondary N) is 4. The van der Waals surface area contributed by atoms with E-state index in [2.05, 4.69) is 15.6 Å². The van der Waals surface area contributed by atoms with Gasteiger partial charge in [-0.15, -0.1) is 0 Å². The fraction of sp³-hybridized carbons (Fsp3) is 0.154. The van der Waals surface area contributed by atoms with Gasteiger partial charge in [-0.2, -0.15) is 0 Å². The van der Waals surface area contributed by atoms with E-state index in [1.807, 2.05) is 36.4 Å². The Morgan fingerprint density at radius 1 is 0.971 bits per heavy atom. The van der Waals surface area contributed by atoms with Gasteiger partial charge in [-0.05, 0) is 72.6 Å². The molecule has 8 nitrogen and oxygen atoms in total. The molecule has 0 unspecified atom stereocenters. The van der Waals surface area contributed by atoms with E-state index >= 15 is 0 Å². The second-order valence-electron chi connectivity index (χ2n) is 8.07. The molecular weight excluding hydrogens is 430 g/mol. The summed E-state index contributed by atoms with van der Waals surface area (Å²) < 4.78 is 0. The molecule has 0 aliphatic rings. The van der Waals surface area contributed by atoms with Crippen LogP contribution < -0.4 is 21.9 Å². The van der Waals surface area contributed by atoms with Crippen molar-refractivity contribution in [1.29, 1.82) is 5.41 Å². The summed E-state index contributed by atoms with van der Waals surface area (Å²) in [5, 5.41) is 35.3. The van der Waals surface area contributed by atoms with E-state index in [4.69, 9.17) is 11.1 Å². The number of hydrogen-bond acceptors (Lipinski definition) is 6. The van der Waals surface area contributed by atoms with E-state index in [9.17, 15) is 15.0 Å². The molecule has 0 bridgehead atoms. The Bertz CT molecular complexity index is 1350. The highest BCUT2D eigenvalue weighted by molar-refractivity contribution is 5.95. The highest BCUT2D eigenvalue weighted by atomic mass is 16.3. The van der Waals surface area contributed by atoms with Crippen molar-refractivity contribution >= 4 is 28.1 Å². The Hall–Kier alpha value is -4.14. The zero-order valence-electron chi connectivity index (χ0n) is 18.5. The molecule has 0 spiro atoms. The number of H-pyrrole nitrogens is 1. The third-order valence-electron chi connectivity index (χ3n) is 5.63.